The average Bonchev–Trinajstić information content (AvgIpc) is 3.14. The molecule has 0 saturated heterocycles. The first-order valence-corrected chi connectivity index (χ1v) is 10.6. The van der Waals surface area contributed by atoms with Crippen LogP contribution in [0, 0.1) is 0 Å². The van der Waals surface area contributed by atoms with Crippen LogP contribution >= 0.6 is 11.6 Å². The number of nitrogens with one attached hydrogen (secondary N) is 2. The summed E-state index contributed by atoms with van der Waals surface area (Å²) < 4.78 is 2.10. The van der Waals surface area contributed by atoms with Crippen molar-refractivity contribution in [3.05, 3.63) is 28.9 Å². The van der Waals surface area contributed by atoms with Crippen LogP contribution in [-0.2, 0) is 0 Å². The molecule has 2 heterocycles. The molecular formula is C21H30ClN7O. The van der Waals surface area contributed by atoms with E-state index in [-0.39, 0.29) is 24.6 Å². The largest absolute Gasteiger partial charge is 0.398 e. The quantitative estimate of drug-likeness (QED) is 0.384. The summed E-state index contributed by atoms with van der Waals surface area (Å²) in [5, 5.41) is 25.8. The van der Waals surface area contributed by atoms with Crippen molar-refractivity contribution in [2.24, 2.45) is 0 Å². The van der Waals surface area contributed by atoms with Crippen LogP contribution in [0.3, 0.4) is 0 Å². The number of aliphatic hydroxyl groups is 1. The van der Waals surface area contributed by atoms with E-state index in [1.807, 2.05) is 13.0 Å². The second kappa shape index (κ2) is 9.06. The van der Waals surface area contributed by atoms with Gasteiger partial charge in [0.2, 0.25) is 5.95 Å². The number of aliphatic hydroxyl groups excluding tert-OH is 1. The van der Waals surface area contributed by atoms with Crippen molar-refractivity contribution >= 4 is 34.7 Å². The molecule has 0 saturated carbocycles. The zero-order chi connectivity index (χ0) is 22.0. The number of halogens is 1. The summed E-state index contributed by atoms with van der Waals surface area (Å²) in [5.41, 5.74) is 9.61. The lowest BCUT2D eigenvalue weighted by atomic mass is 10.1. The number of fused-ring (bicyclic) bond motifs is 1. The lowest BCUT2D eigenvalue weighted by Gasteiger charge is -2.26. The van der Waals surface area contributed by atoms with Gasteiger partial charge in [-0.15, -0.1) is 5.10 Å². The minimum Gasteiger partial charge on any atom is -0.398 e. The Hall–Kier alpha value is -2.58. The number of nitrogens with two attached hydrogens (primary N) is 1. The van der Waals surface area contributed by atoms with Gasteiger partial charge < -0.3 is 26.0 Å². The fourth-order valence-electron chi connectivity index (χ4n) is 3.32. The first kappa shape index (κ1) is 22.1. The molecule has 0 bridgehead atoms. The van der Waals surface area contributed by atoms with Gasteiger partial charge >= 0.3 is 0 Å². The number of nitrogens with zero attached hydrogens (tertiary/aromatic N) is 4. The molecular weight excluding hydrogens is 402 g/mol. The molecule has 5 N–H and O–H groups in total. The minimum absolute atomic E-state index is 0.0131. The molecule has 2 aliphatic heterocycles. The third kappa shape index (κ3) is 4.29. The Balaban J connectivity index is 2.20. The second-order valence-corrected chi connectivity index (χ2v) is 8.39. The molecule has 1 unspecified atom stereocenters. The van der Waals surface area contributed by atoms with E-state index in [0.29, 0.717) is 28.2 Å². The molecule has 0 aromatic heterocycles. The van der Waals surface area contributed by atoms with Crippen molar-refractivity contribution < 1.29 is 5.11 Å². The summed E-state index contributed by atoms with van der Waals surface area (Å²) in [4.78, 5) is 4.83. The maximum absolute atomic E-state index is 9.73. The summed E-state index contributed by atoms with van der Waals surface area (Å²) in [6, 6.07) is 5.34. The Kier molecular flexibility index (Phi) is 6.67. The fraction of sp³-hybridized carbons (Fsp3) is 0.476. The Morgan fingerprint density at radius 2 is 1.93 bits per heavy atom. The summed E-state index contributed by atoms with van der Waals surface area (Å²) in [6.07, 6.45) is 0.763. The molecule has 1 atom stereocenters. The summed E-state index contributed by atoms with van der Waals surface area (Å²) in [5.74, 6) is 1.41. The van der Waals surface area contributed by atoms with E-state index in [0.717, 1.165) is 23.5 Å². The molecule has 2 aliphatic rings. The smallest absolute Gasteiger partial charge is 0.205 e. The third-order valence-corrected chi connectivity index (χ3v) is 5.34. The number of rotatable bonds is 8. The standard InChI is InChI=1S/C21H30ClN7O/c1-6-13(10-30)25-21-26-20(24-14-7-8-16(23)15(22)9-14)18-19(29(21)12(4)5)17(11(2)3)27-28-18/h7-9,11-13,24,30H,6,10,23H2,1-5H3,(H,25,26). The molecule has 162 valence electrons. The molecule has 9 heteroatoms. The number of nitrogen functional groups attached to an aromatic ring is 1. The Morgan fingerprint density at radius 1 is 1.20 bits per heavy atom. The van der Waals surface area contributed by atoms with Crippen molar-refractivity contribution in [3.63, 3.8) is 0 Å². The number of anilines is 4. The first-order chi connectivity index (χ1) is 14.3. The molecule has 0 fully saturated rings. The average molecular weight is 432 g/mol. The highest BCUT2D eigenvalue weighted by Crippen LogP contribution is 2.39. The van der Waals surface area contributed by atoms with E-state index >= 15 is 0 Å². The maximum Gasteiger partial charge on any atom is 0.205 e. The van der Waals surface area contributed by atoms with Crippen LogP contribution in [0.4, 0.5) is 23.1 Å². The molecule has 30 heavy (non-hydrogen) atoms. The van der Waals surface area contributed by atoms with Gasteiger partial charge in [-0.25, -0.2) is 0 Å². The molecule has 0 spiro atoms. The summed E-state index contributed by atoms with van der Waals surface area (Å²) in [6.45, 7) is 10.4. The molecule has 0 aliphatic carbocycles. The van der Waals surface area contributed by atoms with Crippen LogP contribution in [-0.4, -0.2) is 37.5 Å². The molecule has 1 aromatic rings. The first-order valence-electron chi connectivity index (χ1n) is 10.2. The molecule has 0 radical (unpaired) electrons. The monoisotopic (exact) mass is 431 g/mol. The zero-order valence-electron chi connectivity index (χ0n) is 18.1. The van der Waals surface area contributed by atoms with Crippen LogP contribution in [0.15, 0.2) is 18.2 Å². The summed E-state index contributed by atoms with van der Waals surface area (Å²) in [7, 11) is 0. The normalized spacial score (nSPS) is 12.7. The third-order valence-electron chi connectivity index (χ3n) is 5.01. The number of hydrogen-bond acceptors (Lipinski definition) is 7. The highest BCUT2D eigenvalue weighted by molar-refractivity contribution is 6.33. The lowest BCUT2D eigenvalue weighted by molar-refractivity contribution is 0.271. The van der Waals surface area contributed by atoms with Crippen LogP contribution in [0.25, 0.3) is 11.4 Å². The summed E-state index contributed by atoms with van der Waals surface area (Å²) >= 11 is 6.19. The van der Waals surface area contributed by atoms with Gasteiger partial charge in [0.25, 0.3) is 0 Å². The van der Waals surface area contributed by atoms with Gasteiger partial charge in [0.05, 0.1) is 34.7 Å². The number of benzene rings is 1. The van der Waals surface area contributed by atoms with Crippen molar-refractivity contribution in [1.29, 1.82) is 0 Å². The van der Waals surface area contributed by atoms with Gasteiger partial charge in [0.15, 0.2) is 11.5 Å². The number of hydrogen-bond donors (Lipinski definition) is 4. The molecule has 0 amide bonds. The van der Waals surface area contributed by atoms with Crippen LogP contribution in [0.2, 0.25) is 5.02 Å². The van der Waals surface area contributed by atoms with Gasteiger partial charge in [-0.3, -0.25) is 0 Å². The van der Waals surface area contributed by atoms with Crippen molar-refractivity contribution in [2.45, 2.75) is 59.0 Å². The van der Waals surface area contributed by atoms with E-state index in [9.17, 15) is 5.11 Å². The van der Waals surface area contributed by atoms with E-state index in [2.05, 4.69) is 53.1 Å². The van der Waals surface area contributed by atoms with Crippen molar-refractivity contribution in [1.82, 2.24) is 19.7 Å². The van der Waals surface area contributed by atoms with E-state index < -0.39 is 0 Å². The highest BCUT2D eigenvalue weighted by atomic mass is 35.5. The van der Waals surface area contributed by atoms with Crippen molar-refractivity contribution in [3.8, 4) is 11.4 Å². The van der Waals surface area contributed by atoms with Crippen LogP contribution < -0.4 is 16.4 Å². The van der Waals surface area contributed by atoms with Gasteiger partial charge in [-0.1, -0.05) is 32.4 Å². The van der Waals surface area contributed by atoms with E-state index in [4.69, 9.17) is 22.3 Å². The van der Waals surface area contributed by atoms with E-state index in [1.54, 1.807) is 12.1 Å². The Bertz CT molecular complexity index is 982. The number of aromatic nitrogens is 4. The van der Waals surface area contributed by atoms with Crippen molar-refractivity contribution in [2.75, 3.05) is 23.0 Å². The Morgan fingerprint density at radius 3 is 2.50 bits per heavy atom. The van der Waals surface area contributed by atoms with Crippen LogP contribution in [0.1, 0.15) is 58.7 Å². The zero-order valence-corrected chi connectivity index (χ0v) is 18.8. The van der Waals surface area contributed by atoms with Gasteiger partial charge in [0.1, 0.15) is 0 Å². The molecule has 8 nitrogen and oxygen atoms in total. The van der Waals surface area contributed by atoms with Gasteiger partial charge in [-0.2, -0.15) is 10.1 Å². The highest BCUT2D eigenvalue weighted by Gasteiger charge is 2.28. The molecule has 3 rings (SSSR count). The fourth-order valence-corrected chi connectivity index (χ4v) is 3.50. The van der Waals surface area contributed by atoms with E-state index in [1.165, 1.54) is 0 Å². The van der Waals surface area contributed by atoms with Crippen LogP contribution in [0.5, 0.6) is 0 Å². The van der Waals surface area contributed by atoms with Gasteiger partial charge in [0, 0.05) is 11.7 Å². The SMILES string of the molecule is CCC(CO)Nc1nc(Nc2ccc(N)c(Cl)c2)c2nnc(C(C)C)c-2n1C(C)C. The predicted octanol–water partition coefficient (Wildman–Crippen LogP) is 4.64. The Labute approximate surface area is 182 Å². The second-order valence-electron chi connectivity index (χ2n) is 7.98. The molecule has 1 aromatic carbocycles. The minimum atomic E-state index is -0.114. The van der Waals surface area contributed by atoms with Gasteiger partial charge in [-0.05, 0) is 44.4 Å². The lowest BCUT2D eigenvalue weighted by Crippen LogP contribution is -2.27. The topological polar surface area (TPSA) is 114 Å². The maximum atomic E-state index is 9.73. The predicted molar refractivity (Wildman–Crippen MR) is 123 cm³/mol.